The average molecular weight is 386 g/mol. The molecule has 0 amide bonds. The van der Waals surface area contributed by atoms with E-state index in [1.165, 1.54) is 37.7 Å². The van der Waals surface area contributed by atoms with Crippen LogP contribution in [0.2, 0.25) is 5.02 Å². The highest BCUT2D eigenvalue weighted by Crippen LogP contribution is 2.55. The van der Waals surface area contributed by atoms with Crippen LogP contribution in [-0.2, 0) is 4.74 Å². The van der Waals surface area contributed by atoms with E-state index in [9.17, 15) is 0 Å². The van der Waals surface area contributed by atoms with Gasteiger partial charge in [0, 0.05) is 16.1 Å². The van der Waals surface area contributed by atoms with Crippen LogP contribution in [0.3, 0.4) is 0 Å². The molecule has 2 fully saturated rings. The van der Waals surface area contributed by atoms with Crippen LogP contribution in [0.15, 0.2) is 54.6 Å². The molecule has 0 saturated heterocycles. The molecule has 2 nitrogen and oxygen atoms in total. The third-order valence-electron chi connectivity index (χ3n) is 6.18. The van der Waals surface area contributed by atoms with Crippen LogP contribution in [0.4, 0.5) is 5.69 Å². The molecule has 2 saturated carbocycles. The van der Waals surface area contributed by atoms with Crippen molar-refractivity contribution in [2.45, 2.75) is 50.5 Å². The van der Waals surface area contributed by atoms with Crippen LogP contribution in [0, 0.1) is 5.41 Å². The van der Waals surface area contributed by atoms with Crippen molar-refractivity contribution in [2.24, 2.45) is 5.41 Å². The van der Waals surface area contributed by atoms with Crippen LogP contribution in [-0.4, -0.2) is 11.3 Å². The maximum atomic E-state index is 6.14. The van der Waals surface area contributed by atoms with Crippen molar-refractivity contribution in [2.75, 3.05) is 5.32 Å². The summed E-state index contributed by atoms with van der Waals surface area (Å²) < 4.78 is 6.14. The van der Waals surface area contributed by atoms with E-state index in [0.29, 0.717) is 16.5 Å². The Kier molecular flexibility index (Phi) is 5.19. The van der Waals surface area contributed by atoms with Gasteiger partial charge in [-0.25, -0.2) is 0 Å². The summed E-state index contributed by atoms with van der Waals surface area (Å²) >= 11 is 11.4. The van der Waals surface area contributed by atoms with Gasteiger partial charge in [-0.3, -0.25) is 0 Å². The fraction of sp³-hybridized carbons (Fsp3) is 0.409. The molecule has 4 heteroatoms. The molecule has 0 heterocycles. The van der Waals surface area contributed by atoms with Crippen LogP contribution >= 0.6 is 23.8 Å². The zero-order valence-corrected chi connectivity index (χ0v) is 16.4. The van der Waals surface area contributed by atoms with E-state index >= 15 is 0 Å². The zero-order valence-electron chi connectivity index (χ0n) is 14.8. The highest BCUT2D eigenvalue weighted by molar-refractivity contribution is 7.80. The molecule has 4 rings (SSSR count). The van der Waals surface area contributed by atoms with Gasteiger partial charge < -0.3 is 10.1 Å². The minimum Gasteiger partial charge on any atom is -0.467 e. The molecule has 1 atom stereocenters. The highest BCUT2D eigenvalue weighted by atomic mass is 35.5. The zero-order chi connectivity index (χ0) is 18.0. The molecule has 2 aliphatic rings. The molecule has 0 bridgehead atoms. The van der Waals surface area contributed by atoms with Gasteiger partial charge in [0.15, 0.2) is 0 Å². The number of benzene rings is 2. The Balaban J connectivity index is 1.32. The van der Waals surface area contributed by atoms with Gasteiger partial charge in [-0.05, 0) is 86.5 Å². The van der Waals surface area contributed by atoms with Crippen LogP contribution in [0.1, 0.15) is 50.0 Å². The van der Waals surface area contributed by atoms with E-state index in [1.807, 2.05) is 24.3 Å². The molecule has 0 radical (unpaired) electrons. The van der Waals surface area contributed by atoms with Gasteiger partial charge in [0.25, 0.3) is 5.17 Å². The summed E-state index contributed by atoms with van der Waals surface area (Å²) in [6.07, 6.45) is 7.61. The standard InChI is InChI=1S/C22H24ClNOS/c23-18-6-8-19(9-7-18)24-21(26)25-20-12-15-22(20)13-10-17(11-14-22)16-4-2-1-3-5-16/h1-9,17,20H,10-15H2,(H,24,26)/t17?,20-,22?/m0/s1. The summed E-state index contributed by atoms with van der Waals surface area (Å²) in [5.74, 6) is 0.696. The third-order valence-corrected chi connectivity index (χ3v) is 6.63. The molecule has 0 aliphatic heterocycles. The van der Waals surface area contributed by atoms with Crippen molar-refractivity contribution in [1.82, 2.24) is 0 Å². The van der Waals surface area contributed by atoms with Crippen molar-refractivity contribution in [1.29, 1.82) is 0 Å². The molecule has 1 N–H and O–H groups in total. The maximum absolute atomic E-state index is 6.14. The Labute approximate surface area is 165 Å². The second kappa shape index (κ2) is 7.58. The summed E-state index contributed by atoms with van der Waals surface area (Å²) in [6.45, 7) is 0. The summed E-state index contributed by atoms with van der Waals surface area (Å²) in [5, 5.41) is 4.37. The van der Waals surface area contributed by atoms with Crippen LogP contribution in [0.25, 0.3) is 0 Å². The van der Waals surface area contributed by atoms with E-state index < -0.39 is 0 Å². The molecule has 0 unspecified atom stereocenters. The normalized spacial score (nSPS) is 27.6. The molecule has 136 valence electrons. The van der Waals surface area contributed by atoms with E-state index in [2.05, 4.69) is 35.6 Å². The lowest BCUT2D eigenvalue weighted by atomic mass is 9.56. The van der Waals surface area contributed by atoms with E-state index in [0.717, 1.165) is 17.1 Å². The lowest BCUT2D eigenvalue weighted by Crippen LogP contribution is -2.49. The predicted octanol–water partition coefficient (Wildman–Crippen LogP) is 6.56. The van der Waals surface area contributed by atoms with Crippen molar-refractivity contribution < 1.29 is 4.74 Å². The number of thiocarbonyl (C=S) groups is 1. The monoisotopic (exact) mass is 385 g/mol. The topological polar surface area (TPSA) is 21.3 Å². The highest BCUT2D eigenvalue weighted by Gasteiger charge is 2.50. The number of nitrogens with one attached hydrogen (secondary N) is 1. The number of rotatable bonds is 3. The maximum Gasteiger partial charge on any atom is 0.261 e. The number of ether oxygens (including phenoxy) is 1. The minimum absolute atomic E-state index is 0.256. The molecule has 2 aromatic carbocycles. The molecule has 2 aliphatic carbocycles. The van der Waals surface area contributed by atoms with Crippen LogP contribution in [0.5, 0.6) is 0 Å². The minimum atomic E-state index is 0.256. The molecular weight excluding hydrogens is 362 g/mol. The summed E-state index contributed by atoms with van der Waals surface area (Å²) in [6, 6.07) is 18.5. The predicted molar refractivity (Wildman–Crippen MR) is 112 cm³/mol. The first kappa shape index (κ1) is 17.8. The quantitative estimate of drug-likeness (QED) is 0.604. The third kappa shape index (κ3) is 3.74. The van der Waals surface area contributed by atoms with Crippen molar-refractivity contribution >= 4 is 34.7 Å². The molecule has 2 aromatic rings. The first-order valence-corrected chi connectivity index (χ1v) is 10.2. The Morgan fingerprint density at radius 2 is 1.62 bits per heavy atom. The van der Waals surface area contributed by atoms with Gasteiger partial charge in [-0.15, -0.1) is 0 Å². The molecule has 1 spiro atoms. The summed E-state index contributed by atoms with van der Waals surface area (Å²) in [5.41, 5.74) is 2.73. The lowest BCUT2D eigenvalue weighted by Gasteiger charge is -2.52. The number of anilines is 1. The Morgan fingerprint density at radius 1 is 0.962 bits per heavy atom. The van der Waals surface area contributed by atoms with Crippen molar-refractivity contribution in [3.8, 4) is 0 Å². The van der Waals surface area contributed by atoms with Gasteiger partial charge in [-0.2, -0.15) is 0 Å². The van der Waals surface area contributed by atoms with E-state index in [1.54, 1.807) is 0 Å². The fourth-order valence-corrected chi connectivity index (χ4v) is 4.85. The average Bonchev–Trinajstić information content (AvgIpc) is 2.68. The Bertz CT molecular complexity index is 753. The van der Waals surface area contributed by atoms with Gasteiger partial charge in [0.2, 0.25) is 0 Å². The van der Waals surface area contributed by atoms with Crippen molar-refractivity contribution in [3.63, 3.8) is 0 Å². The van der Waals surface area contributed by atoms with Gasteiger partial charge >= 0.3 is 0 Å². The van der Waals surface area contributed by atoms with Crippen molar-refractivity contribution in [3.05, 3.63) is 65.2 Å². The smallest absolute Gasteiger partial charge is 0.261 e. The molecule has 0 aromatic heterocycles. The van der Waals surface area contributed by atoms with Gasteiger partial charge in [-0.1, -0.05) is 41.9 Å². The number of halogens is 1. The number of hydrogen-bond donors (Lipinski definition) is 1. The fourth-order valence-electron chi connectivity index (χ4n) is 4.49. The first-order valence-electron chi connectivity index (χ1n) is 9.43. The molecular formula is C22H24ClNOS. The number of hydrogen-bond acceptors (Lipinski definition) is 2. The second-order valence-corrected chi connectivity index (χ2v) is 8.42. The first-order chi connectivity index (χ1) is 12.6. The van der Waals surface area contributed by atoms with E-state index in [-0.39, 0.29) is 6.10 Å². The lowest BCUT2D eigenvalue weighted by molar-refractivity contribution is -0.0789. The Hall–Kier alpha value is -1.58. The SMILES string of the molecule is S=C(Nc1ccc(Cl)cc1)O[C@H]1CCC12CCC(c1ccccc1)CC2. The summed E-state index contributed by atoms with van der Waals surface area (Å²) in [7, 11) is 0. The largest absolute Gasteiger partial charge is 0.467 e. The molecule has 26 heavy (non-hydrogen) atoms. The Morgan fingerprint density at radius 3 is 2.23 bits per heavy atom. The van der Waals surface area contributed by atoms with Gasteiger partial charge in [0.05, 0.1) is 0 Å². The van der Waals surface area contributed by atoms with Gasteiger partial charge in [0.1, 0.15) is 6.10 Å². The summed E-state index contributed by atoms with van der Waals surface area (Å²) in [4.78, 5) is 0. The second-order valence-electron chi connectivity index (χ2n) is 7.61. The van der Waals surface area contributed by atoms with Crippen LogP contribution < -0.4 is 5.32 Å². The van der Waals surface area contributed by atoms with E-state index in [4.69, 9.17) is 28.6 Å².